The van der Waals surface area contributed by atoms with Gasteiger partial charge in [0.1, 0.15) is 0 Å². The van der Waals surface area contributed by atoms with Crippen LogP contribution in [0.1, 0.15) is 29.5 Å². The fraction of sp³-hybridized carbons (Fsp3) is 0.312. The molecule has 6 nitrogen and oxygen atoms in total. The highest BCUT2D eigenvalue weighted by atomic mass is 32.2. The van der Waals surface area contributed by atoms with Gasteiger partial charge in [-0.2, -0.15) is 0 Å². The minimum absolute atomic E-state index is 0.0905. The highest BCUT2D eigenvalue weighted by Crippen LogP contribution is 2.32. The molecule has 3 rings (SSSR count). The van der Waals surface area contributed by atoms with E-state index in [0.717, 1.165) is 11.3 Å². The summed E-state index contributed by atoms with van der Waals surface area (Å²) in [5, 5.41) is 0. The van der Waals surface area contributed by atoms with Gasteiger partial charge in [0.2, 0.25) is 10.0 Å². The number of hydrogen-bond acceptors (Lipinski definition) is 4. The Morgan fingerprint density at radius 2 is 2.17 bits per heavy atom. The summed E-state index contributed by atoms with van der Waals surface area (Å²) in [5.41, 5.74) is 2.27. The molecule has 0 spiro atoms. The van der Waals surface area contributed by atoms with Crippen molar-refractivity contribution >= 4 is 27.3 Å². The summed E-state index contributed by atoms with van der Waals surface area (Å²) in [4.78, 5) is 14.0. The van der Waals surface area contributed by atoms with Gasteiger partial charge in [-0.1, -0.05) is 6.92 Å². The zero-order valence-electron chi connectivity index (χ0n) is 12.8. The lowest BCUT2D eigenvalue weighted by molar-refractivity contribution is 0.0963. The highest BCUT2D eigenvalue weighted by molar-refractivity contribution is 7.92. The zero-order valence-corrected chi connectivity index (χ0v) is 13.6. The maximum absolute atomic E-state index is 12.4. The quantitative estimate of drug-likeness (QED) is 0.911. The van der Waals surface area contributed by atoms with E-state index in [1.54, 1.807) is 35.2 Å². The van der Waals surface area contributed by atoms with Crippen molar-refractivity contribution in [3.8, 4) is 0 Å². The lowest BCUT2D eigenvalue weighted by atomic mass is 10.1. The summed E-state index contributed by atoms with van der Waals surface area (Å²) in [7, 11) is -3.31. The molecule has 0 atom stereocenters. The van der Waals surface area contributed by atoms with Crippen LogP contribution in [0.5, 0.6) is 0 Å². The van der Waals surface area contributed by atoms with E-state index >= 15 is 0 Å². The van der Waals surface area contributed by atoms with Gasteiger partial charge in [0.05, 0.1) is 12.0 Å². The van der Waals surface area contributed by atoms with Crippen LogP contribution in [0.4, 0.5) is 11.4 Å². The van der Waals surface area contributed by atoms with E-state index in [9.17, 15) is 13.2 Å². The van der Waals surface area contributed by atoms with Gasteiger partial charge in [-0.05, 0) is 48.7 Å². The third kappa shape index (κ3) is 3.24. The molecule has 0 radical (unpaired) electrons. The fourth-order valence-corrected chi connectivity index (χ4v) is 3.83. The molecule has 1 aliphatic rings. The number of fused-ring (bicyclic) bond motifs is 1. The van der Waals surface area contributed by atoms with Crippen molar-refractivity contribution in [2.24, 2.45) is 0 Å². The van der Waals surface area contributed by atoms with Crippen LogP contribution < -0.4 is 9.62 Å². The first-order chi connectivity index (χ1) is 11.0. The normalized spacial score (nSPS) is 13.9. The number of hydrogen-bond donors (Lipinski definition) is 1. The van der Waals surface area contributed by atoms with Gasteiger partial charge in [0, 0.05) is 17.9 Å². The molecule has 1 aliphatic heterocycles. The van der Waals surface area contributed by atoms with Crippen LogP contribution in [0.25, 0.3) is 0 Å². The predicted molar refractivity (Wildman–Crippen MR) is 88.2 cm³/mol. The topological polar surface area (TPSA) is 79.6 Å². The molecule has 0 saturated carbocycles. The van der Waals surface area contributed by atoms with Crippen LogP contribution in [-0.2, 0) is 16.4 Å². The van der Waals surface area contributed by atoms with Crippen molar-refractivity contribution in [2.75, 3.05) is 21.9 Å². The van der Waals surface area contributed by atoms with Gasteiger partial charge >= 0.3 is 0 Å². The molecule has 122 valence electrons. The van der Waals surface area contributed by atoms with Crippen LogP contribution in [0.3, 0.4) is 0 Å². The maximum atomic E-state index is 12.4. The molecule has 1 aromatic heterocycles. The highest BCUT2D eigenvalue weighted by Gasteiger charge is 2.27. The Labute approximate surface area is 135 Å². The number of sulfonamides is 1. The second-order valence-electron chi connectivity index (χ2n) is 5.45. The summed E-state index contributed by atoms with van der Waals surface area (Å²) < 4.78 is 31.4. The third-order valence-electron chi connectivity index (χ3n) is 3.70. The lowest BCUT2D eigenvalue weighted by Gasteiger charge is -2.16. The van der Waals surface area contributed by atoms with Gasteiger partial charge in [-0.25, -0.2) is 8.42 Å². The van der Waals surface area contributed by atoms with E-state index in [2.05, 4.69) is 4.72 Å². The van der Waals surface area contributed by atoms with Crippen molar-refractivity contribution in [2.45, 2.75) is 19.8 Å². The summed E-state index contributed by atoms with van der Waals surface area (Å²) in [6, 6.07) is 8.55. The maximum Gasteiger partial charge on any atom is 0.293 e. The number of amides is 1. The largest absolute Gasteiger partial charge is 0.459 e. The lowest BCUT2D eigenvalue weighted by Crippen LogP contribution is -2.28. The molecule has 1 N–H and O–H groups in total. The standard InChI is InChI=1S/C16H18N2O4S/c1-2-10-23(20,21)17-13-5-6-14-12(11-13)7-8-18(14)16(19)15-4-3-9-22-15/h3-6,9,11,17H,2,7-8,10H2,1H3. The molecule has 0 fully saturated rings. The molecule has 2 heterocycles. The number of carbonyl (C=O) groups excluding carboxylic acids is 1. The number of anilines is 2. The van der Waals surface area contributed by atoms with Gasteiger partial charge in [-0.3, -0.25) is 9.52 Å². The number of nitrogens with zero attached hydrogens (tertiary/aromatic N) is 1. The molecule has 1 aromatic carbocycles. The first kappa shape index (κ1) is 15.6. The first-order valence-electron chi connectivity index (χ1n) is 7.49. The second kappa shape index (κ2) is 6.08. The van der Waals surface area contributed by atoms with Crippen molar-refractivity contribution in [3.63, 3.8) is 0 Å². The van der Waals surface area contributed by atoms with Crippen LogP contribution in [0.2, 0.25) is 0 Å². The Kier molecular flexibility index (Phi) is 4.12. The minimum atomic E-state index is -3.31. The van der Waals surface area contributed by atoms with E-state index in [1.165, 1.54) is 6.26 Å². The van der Waals surface area contributed by atoms with Gasteiger partial charge in [0.25, 0.3) is 5.91 Å². The van der Waals surface area contributed by atoms with Crippen LogP contribution in [-0.4, -0.2) is 26.6 Å². The Hall–Kier alpha value is -2.28. The number of benzene rings is 1. The fourth-order valence-electron chi connectivity index (χ4n) is 2.71. The Morgan fingerprint density at radius 1 is 1.35 bits per heavy atom. The third-order valence-corrected chi connectivity index (χ3v) is 5.19. The zero-order chi connectivity index (χ0) is 16.4. The van der Waals surface area contributed by atoms with Crippen LogP contribution in [0, 0.1) is 0 Å². The van der Waals surface area contributed by atoms with E-state index in [1.807, 2.05) is 6.92 Å². The summed E-state index contributed by atoms with van der Waals surface area (Å²) in [6.07, 6.45) is 2.71. The molecule has 7 heteroatoms. The molecule has 0 unspecified atom stereocenters. The molecular weight excluding hydrogens is 316 g/mol. The number of nitrogens with one attached hydrogen (secondary N) is 1. The van der Waals surface area contributed by atoms with Gasteiger partial charge in [0.15, 0.2) is 5.76 Å². The molecule has 0 saturated heterocycles. The molecular formula is C16H18N2O4S. The molecule has 2 aromatic rings. The van der Waals surface area contributed by atoms with Crippen molar-refractivity contribution in [1.82, 2.24) is 0 Å². The molecule has 1 amide bonds. The number of furan rings is 1. The predicted octanol–water partition coefficient (Wildman–Crippen LogP) is 2.63. The van der Waals surface area contributed by atoms with Crippen molar-refractivity contribution in [3.05, 3.63) is 47.9 Å². The minimum Gasteiger partial charge on any atom is -0.459 e. The van der Waals surface area contributed by atoms with Crippen molar-refractivity contribution in [1.29, 1.82) is 0 Å². The monoisotopic (exact) mass is 334 g/mol. The number of rotatable bonds is 5. The second-order valence-corrected chi connectivity index (χ2v) is 7.29. The Bertz CT molecular complexity index is 813. The van der Waals surface area contributed by atoms with Crippen LogP contribution >= 0.6 is 0 Å². The smallest absolute Gasteiger partial charge is 0.293 e. The SMILES string of the molecule is CCCS(=O)(=O)Nc1ccc2c(c1)CCN2C(=O)c1ccco1. The Morgan fingerprint density at radius 3 is 2.87 bits per heavy atom. The average Bonchev–Trinajstić information content (AvgIpc) is 3.15. The number of carbonyl (C=O) groups is 1. The van der Waals surface area contributed by atoms with Gasteiger partial charge in [-0.15, -0.1) is 0 Å². The summed E-state index contributed by atoms with van der Waals surface area (Å²) in [6.45, 7) is 2.38. The first-order valence-corrected chi connectivity index (χ1v) is 9.14. The van der Waals surface area contributed by atoms with E-state index in [0.29, 0.717) is 30.8 Å². The van der Waals surface area contributed by atoms with E-state index in [-0.39, 0.29) is 11.7 Å². The Balaban J connectivity index is 1.82. The van der Waals surface area contributed by atoms with E-state index in [4.69, 9.17) is 4.42 Å². The summed E-state index contributed by atoms with van der Waals surface area (Å²) >= 11 is 0. The van der Waals surface area contributed by atoms with E-state index < -0.39 is 10.0 Å². The molecule has 23 heavy (non-hydrogen) atoms. The van der Waals surface area contributed by atoms with Crippen LogP contribution in [0.15, 0.2) is 41.0 Å². The summed E-state index contributed by atoms with van der Waals surface area (Å²) in [5.74, 6) is 0.200. The average molecular weight is 334 g/mol. The van der Waals surface area contributed by atoms with Crippen molar-refractivity contribution < 1.29 is 17.6 Å². The molecule has 0 aliphatic carbocycles. The molecule has 0 bridgehead atoms. The van der Waals surface area contributed by atoms with Gasteiger partial charge < -0.3 is 9.32 Å².